The number of para-hydroxylation sites is 1. The molecule has 0 aliphatic carbocycles. The van der Waals surface area contributed by atoms with Gasteiger partial charge in [0.1, 0.15) is 12.2 Å². The van der Waals surface area contributed by atoms with E-state index < -0.39 is 53.3 Å². The van der Waals surface area contributed by atoms with Gasteiger partial charge in [-0.05, 0) is 56.0 Å². The largest absolute Gasteiger partial charge is 0.491 e. The van der Waals surface area contributed by atoms with Crippen molar-refractivity contribution < 1.29 is 59.7 Å². The molecular weight excluding hydrogens is 816 g/mol. The minimum Gasteiger partial charge on any atom is -0.449 e. The molecule has 1 aliphatic heterocycles. The van der Waals surface area contributed by atoms with E-state index in [2.05, 4.69) is 25.3 Å². The summed E-state index contributed by atoms with van der Waals surface area (Å²) < 4.78 is 93.1. The number of benzene rings is 3. The molecule has 0 unspecified atom stereocenters. The number of H-pyrrole nitrogens is 1. The minimum atomic E-state index is -5.38. The molecule has 1 aliphatic rings. The number of hydrogen-bond acceptors (Lipinski definition) is 10. The number of fused-ring (bicyclic) bond motifs is 1. The summed E-state index contributed by atoms with van der Waals surface area (Å²) in [5.41, 5.74) is 1.16. The number of carbonyl (C=O) groups is 4. The predicted octanol–water partition coefficient (Wildman–Crippen LogP) is 7.13. The number of hydrogen-bond donors (Lipinski definition) is 3. The molecule has 1 aromatic heterocycles. The van der Waals surface area contributed by atoms with Crippen molar-refractivity contribution in [3.63, 3.8) is 0 Å². The average Bonchev–Trinajstić information content (AvgIpc) is 3.22. The van der Waals surface area contributed by atoms with Gasteiger partial charge in [-0.15, -0.1) is 0 Å². The summed E-state index contributed by atoms with van der Waals surface area (Å²) >= 11 is 0. The molecule has 3 N–H and O–H groups in total. The second-order valence-corrected chi connectivity index (χ2v) is 14.4. The predicted molar refractivity (Wildman–Crippen MR) is 212 cm³/mol. The maximum Gasteiger partial charge on any atom is 0.491 e. The van der Waals surface area contributed by atoms with Crippen molar-refractivity contribution in [2.24, 2.45) is 0 Å². The molecule has 0 radical (unpaired) electrons. The van der Waals surface area contributed by atoms with Crippen LogP contribution in [0.1, 0.15) is 50.2 Å². The van der Waals surface area contributed by atoms with Gasteiger partial charge in [0.2, 0.25) is 11.5 Å². The molecule has 0 saturated carbocycles. The Hall–Kier alpha value is -5.95. The van der Waals surface area contributed by atoms with Crippen LogP contribution in [0.4, 0.5) is 36.8 Å². The first kappa shape index (κ1) is 46.1. The summed E-state index contributed by atoms with van der Waals surface area (Å²) in [6.45, 7) is 2.41. The summed E-state index contributed by atoms with van der Waals surface area (Å²) in [7, 11) is 1.71. The Morgan fingerprint density at radius 2 is 1.54 bits per heavy atom. The van der Waals surface area contributed by atoms with Crippen molar-refractivity contribution >= 4 is 40.5 Å². The summed E-state index contributed by atoms with van der Waals surface area (Å²) in [6, 6.07) is 21.1. The van der Waals surface area contributed by atoms with E-state index in [1.54, 1.807) is 11.9 Å². The molecular formula is C42H45F6N5O8. The zero-order valence-corrected chi connectivity index (χ0v) is 33.1. The van der Waals surface area contributed by atoms with E-state index in [9.17, 15) is 50.3 Å². The highest BCUT2D eigenvalue weighted by Gasteiger charge is 2.43. The van der Waals surface area contributed by atoms with Crippen LogP contribution in [0.15, 0.2) is 83.7 Å². The quantitative estimate of drug-likeness (QED) is 0.0432. The monoisotopic (exact) mass is 861 g/mol. The molecule has 5 rings (SSSR count). The maximum absolute atomic E-state index is 13.2. The minimum absolute atomic E-state index is 0.0629. The first-order chi connectivity index (χ1) is 29.0. The van der Waals surface area contributed by atoms with Gasteiger partial charge in [-0.1, -0.05) is 61.0 Å². The fraction of sp³-hybridized carbons (Fsp3) is 0.405. The molecule has 1 atom stereocenters. The highest BCUT2D eigenvalue weighted by Crippen LogP contribution is 2.34. The SMILES string of the molecule is CN(CCN1CCC(OC(=O)Nc2ccccc2-c2ccccc2)CC1)C(=O)CCCCCNC[C@H](OC(=O)C(F)(F)F)c1ccc(OC(=O)C(F)(F)F)c2[nH]c(=O)ccc12. The van der Waals surface area contributed by atoms with Crippen LogP contribution in [0.3, 0.4) is 0 Å². The van der Waals surface area contributed by atoms with Crippen LogP contribution < -0.4 is 20.9 Å². The highest BCUT2D eigenvalue weighted by atomic mass is 19.4. The van der Waals surface area contributed by atoms with Crippen LogP contribution in [0, 0.1) is 0 Å². The van der Waals surface area contributed by atoms with Crippen LogP contribution in [0.5, 0.6) is 5.75 Å². The number of aromatic nitrogens is 1. The van der Waals surface area contributed by atoms with Gasteiger partial charge in [0.25, 0.3) is 0 Å². The van der Waals surface area contributed by atoms with Crippen molar-refractivity contribution in [3.05, 3.63) is 94.8 Å². The molecule has 13 nitrogen and oxygen atoms in total. The summed E-state index contributed by atoms with van der Waals surface area (Å²) in [4.78, 5) is 66.9. The summed E-state index contributed by atoms with van der Waals surface area (Å²) in [6.07, 6.45) is -9.99. The Balaban J connectivity index is 1.02. The Kier molecular flexibility index (Phi) is 15.9. The molecule has 1 saturated heterocycles. The van der Waals surface area contributed by atoms with Gasteiger partial charge in [-0.3, -0.25) is 14.9 Å². The van der Waals surface area contributed by atoms with Gasteiger partial charge in [-0.25, -0.2) is 14.4 Å². The number of aromatic amines is 1. The van der Waals surface area contributed by atoms with E-state index in [4.69, 9.17) is 9.47 Å². The van der Waals surface area contributed by atoms with Gasteiger partial charge in [-0.2, -0.15) is 26.3 Å². The van der Waals surface area contributed by atoms with E-state index in [1.807, 2.05) is 54.6 Å². The lowest BCUT2D eigenvalue weighted by Gasteiger charge is -2.32. The van der Waals surface area contributed by atoms with Crippen molar-refractivity contribution in [2.45, 2.75) is 63.1 Å². The molecule has 2 amide bonds. The number of unbranched alkanes of at least 4 members (excludes halogenated alkanes) is 2. The lowest BCUT2D eigenvalue weighted by atomic mass is 10.0. The van der Waals surface area contributed by atoms with Crippen molar-refractivity contribution in [2.75, 3.05) is 51.6 Å². The zero-order valence-electron chi connectivity index (χ0n) is 33.1. The standard InChI is InChI=1S/C42H45F6N5O8/c1-52(24-25-53-22-19-28(20-23-53)59-40(58)50-32-13-8-7-12-29(32)27-10-4-2-5-11-27)36(55)14-6-3-9-21-49-26-34(61-39(57)42(46,47)48)30-15-17-33(60-38(56)41(43,44)45)37-31(30)16-18-35(54)51-37/h2,4-5,7-8,10-13,15-18,28,34,49H,3,6,9,14,19-26H2,1H3,(H,50,58)(H,51,54)/t34-/m0/s1. The number of anilines is 1. The van der Waals surface area contributed by atoms with Gasteiger partial charge < -0.3 is 34.3 Å². The number of esters is 2. The first-order valence-electron chi connectivity index (χ1n) is 19.5. The second kappa shape index (κ2) is 21.0. The lowest BCUT2D eigenvalue weighted by Crippen LogP contribution is -2.42. The molecule has 4 aromatic rings. The van der Waals surface area contributed by atoms with Crippen molar-refractivity contribution in [1.29, 1.82) is 0 Å². The molecule has 0 spiro atoms. The fourth-order valence-corrected chi connectivity index (χ4v) is 6.73. The van der Waals surface area contributed by atoms with Crippen LogP contribution >= 0.6 is 0 Å². The molecule has 0 bridgehead atoms. The Bertz CT molecular complexity index is 2190. The summed E-state index contributed by atoms with van der Waals surface area (Å²) in [5.74, 6) is -5.90. The zero-order chi connectivity index (χ0) is 44.2. The number of pyridine rings is 1. The van der Waals surface area contributed by atoms with Crippen molar-refractivity contribution in [1.82, 2.24) is 20.1 Å². The third-order valence-electron chi connectivity index (χ3n) is 9.96. The Morgan fingerprint density at radius 3 is 2.25 bits per heavy atom. The normalized spacial score (nSPS) is 14.3. The number of halogens is 6. The first-order valence-corrected chi connectivity index (χ1v) is 19.5. The Labute approximate surface area is 346 Å². The third-order valence-corrected chi connectivity index (χ3v) is 9.96. The Morgan fingerprint density at radius 1 is 0.852 bits per heavy atom. The average molecular weight is 862 g/mol. The third kappa shape index (κ3) is 13.5. The van der Waals surface area contributed by atoms with Gasteiger partial charge in [0.15, 0.2) is 5.75 Å². The lowest BCUT2D eigenvalue weighted by molar-refractivity contribution is -0.205. The molecule has 1 fully saturated rings. The van der Waals surface area contributed by atoms with E-state index in [1.165, 1.54) is 0 Å². The molecule has 328 valence electrons. The second-order valence-electron chi connectivity index (χ2n) is 14.4. The smallest absolute Gasteiger partial charge is 0.449 e. The number of ether oxygens (including phenoxy) is 3. The number of likely N-dealkylation sites (N-methyl/N-ethyl adjacent to an activating group) is 1. The van der Waals surface area contributed by atoms with E-state index in [0.29, 0.717) is 64.0 Å². The van der Waals surface area contributed by atoms with Crippen LogP contribution in [0.2, 0.25) is 0 Å². The molecule has 19 heteroatoms. The van der Waals surface area contributed by atoms with Gasteiger partial charge in [0.05, 0.1) is 11.2 Å². The topological polar surface area (TPSA) is 159 Å². The molecule has 3 aromatic carbocycles. The van der Waals surface area contributed by atoms with E-state index in [0.717, 1.165) is 35.4 Å². The van der Waals surface area contributed by atoms with Crippen LogP contribution in [0.25, 0.3) is 22.0 Å². The van der Waals surface area contributed by atoms with Crippen molar-refractivity contribution in [3.8, 4) is 16.9 Å². The number of rotatable bonds is 17. The maximum atomic E-state index is 13.2. The highest BCUT2D eigenvalue weighted by molar-refractivity contribution is 5.92. The van der Waals surface area contributed by atoms with E-state index in [-0.39, 0.29) is 42.5 Å². The van der Waals surface area contributed by atoms with Gasteiger partial charge in [0, 0.05) is 68.8 Å². The molecule has 61 heavy (non-hydrogen) atoms. The number of alkyl halides is 6. The van der Waals surface area contributed by atoms with Crippen LogP contribution in [-0.2, 0) is 23.9 Å². The van der Waals surface area contributed by atoms with E-state index >= 15 is 0 Å². The number of piperidine rings is 1. The number of nitrogens with zero attached hydrogens (tertiary/aromatic N) is 2. The van der Waals surface area contributed by atoms with Gasteiger partial charge >= 0.3 is 30.4 Å². The number of likely N-dealkylation sites (tertiary alicyclic amines) is 1. The van der Waals surface area contributed by atoms with Crippen LogP contribution in [-0.4, -0.2) is 103 Å². The molecule has 2 heterocycles. The fourth-order valence-electron chi connectivity index (χ4n) is 6.73. The number of amides is 2. The summed E-state index contributed by atoms with van der Waals surface area (Å²) in [5, 5.41) is 5.64. The number of carbonyl (C=O) groups excluding carboxylic acids is 4. The number of nitrogens with one attached hydrogen (secondary N) is 3.